The molecule has 1 atom stereocenters. The van der Waals surface area contributed by atoms with E-state index in [1.54, 1.807) is 30.3 Å². The van der Waals surface area contributed by atoms with Gasteiger partial charge < -0.3 is 0 Å². The molecule has 0 aliphatic heterocycles. The van der Waals surface area contributed by atoms with Crippen LogP contribution in [0.1, 0.15) is 5.56 Å². The van der Waals surface area contributed by atoms with Gasteiger partial charge in [0.05, 0.1) is 15.7 Å². The molecule has 0 saturated carbocycles. The molecule has 0 aliphatic carbocycles. The maximum atomic E-state index is 12.1. The Hall–Kier alpha value is -1.46. The summed E-state index contributed by atoms with van der Waals surface area (Å²) in [7, 11) is -5.07. The van der Waals surface area contributed by atoms with Crippen molar-refractivity contribution in [3.63, 3.8) is 0 Å². The minimum atomic E-state index is -3.52. The molecular formula is C14H14O3S2. The lowest BCUT2D eigenvalue weighted by atomic mass is 10.2. The molecule has 2 rings (SSSR count). The first-order valence-corrected chi connectivity index (χ1v) is 8.69. The van der Waals surface area contributed by atoms with E-state index < -0.39 is 20.6 Å². The van der Waals surface area contributed by atoms with Crippen LogP contribution in [0.5, 0.6) is 0 Å². The number of aryl methyl sites for hydroxylation is 1. The Balaban J connectivity index is 2.22. The van der Waals surface area contributed by atoms with Crippen molar-refractivity contribution >= 4 is 20.6 Å². The number of hydrogen-bond acceptors (Lipinski definition) is 3. The highest BCUT2D eigenvalue weighted by Gasteiger charge is 2.18. The summed E-state index contributed by atoms with van der Waals surface area (Å²) in [6.45, 7) is 1.92. The zero-order valence-corrected chi connectivity index (χ0v) is 12.1. The van der Waals surface area contributed by atoms with Gasteiger partial charge in [-0.3, -0.25) is 4.21 Å². The van der Waals surface area contributed by atoms with Crippen molar-refractivity contribution in [1.82, 2.24) is 0 Å². The summed E-state index contributed by atoms with van der Waals surface area (Å²) in [5.74, 6) is 0. The maximum Gasteiger partial charge on any atom is 0.190 e. The average Bonchev–Trinajstić information content (AvgIpc) is 2.40. The normalized spacial score (nSPS) is 13.1. The fraction of sp³-hybridized carbons (Fsp3) is 0.143. The predicted molar refractivity (Wildman–Crippen MR) is 76.1 cm³/mol. The van der Waals surface area contributed by atoms with Gasteiger partial charge in [-0.25, -0.2) is 8.42 Å². The third-order valence-corrected chi connectivity index (χ3v) is 6.53. The zero-order valence-electron chi connectivity index (χ0n) is 10.4. The van der Waals surface area contributed by atoms with Crippen molar-refractivity contribution in [2.45, 2.75) is 16.7 Å². The molecule has 2 aromatic rings. The van der Waals surface area contributed by atoms with Crippen LogP contribution in [-0.4, -0.2) is 17.7 Å². The molecule has 0 spiro atoms. The predicted octanol–water partition coefficient (Wildman–Crippen LogP) is 2.53. The Bertz CT molecular complexity index is 674. The molecule has 0 aromatic heterocycles. The quantitative estimate of drug-likeness (QED) is 0.870. The van der Waals surface area contributed by atoms with Gasteiger partial charge in [-0.15, -0.1) is 0 Å². The van der Waals surface area contributed by atoms with E-state index in [1.165, 1.54) is 12.1 Å². The second kappa shape index (κ2) is 5.67. The van der Waals surface area contributed by atoms with Gasteiger partial charge >= 0.3 is 0 Å². The number of sulfone groups is 1. The van der Waals surface area contributed by atoms with Crippen LogP contribution in [0.2, 0.25) is 0 Å². The molecule has 0 heterocycles. The topological polar surface area (TPSA) is 51.2 Å². The molecular weight excluding hydrogens is 280 g/mol. The molecule has 0 bridgehead atoms. The van der Waals surface area contributed by atoms with E-state index in [0.29, 0.717) is 4.90 Å². The van der Waals surface area contributed by atoms with E-state index in [-0.39, 0.29) is 9.98 Å². The molecule has 0 amide bonds. The lowest BCUT2D eigenvalue weighted by Crippen LogP contribution is -2.11. The SMILES string of the molecule is Cc1ccc([S@@](=O)CS(=O)(=O)c2ccccc2)cc1. The second-order valence-corrected chi connectivity index (χ2v) is 8.01. The molecule has 0 saturated heterocycles. The average molecular weight is 294 g/mol. The monoisotopic (exact) mass is 294 g/mol. The molecule has 3 nitrogen and oxygen atoms in total. The van der Waals surface area contributed by atoms with Gasteiger partial charge in [0, 0.05) is 4.90 Å². The minimum absolute atomic E-state index is 0.204. The Morgan fingerprint density at radius 2 is 1.53 bits per heavy atom. The number of rotatable bonds is 4. The zero-order chi connectivity index (χ0) is 13.9. The Morgan fingerprint density at radius 1 is 0.947 bits per heavy atom. The summed E-state index contributed by atoms with van der Waals surface area (Å²) in [5.41, 5.74) is 1.05. The van der Waals surface area contributed by atoms with E-state index in [2.05, 4.69) is 0 Å². The molecule has 0 fully saturated rings. The van der Waals surface area contributed by atoms with Crippen LogP contribution in [0.15, 0.2) is 64.4 Å². The van der Waals surface area contributed by atoms with Crippen molar-refractivity contribution in [3.05, 3.63) is 60.2 Å². The van der Waals surface area contributed by atoms with E-state index in [9.17, 15) is 12.6 Å². The summed E-state index contributed by atoms with van der Waals surface area (Å²) < 4.78 is 36.3. The Kier molecular flexibility index (Phi) is 4.17. The molecule has 0 aliphatic rings. The van der Waals surface area contributed by atoms with Crippen LogP contribution >= 0.6 is 0 Å². The van der Waals surface area contributed by atoms with Gasteiger partial charge in [0.2, 0.25) is 0 Å². The van der Waals surface area contributed by atoms with Crippen molar-refractivity contribution in [1.29, 1.82) is 0 Å². The van der Waals surface area contributed by atoms with E-state index in [1.807, 2.05) is 19.1 Å². The number of hydrogen-bond donors (Lipinski definition) is 0. The van der Waals surface area contributed by atoms with Crippen LogP contribution in [0, 0.1) is 6.92 Å². The van der Waals surface area contributed by atoms with E-state index in [0.717, 1.165) is 5.56 Å². The highest BCUT2D eigenvalue weighted by Crippen LogP contribution is 2.15. The van der Waals surface area contributed by atoms with Crippen LogP contribution < -0.4 is 0 Å². The van der Waals surface area contributed by atoms with E-state index in [4.69, 9.17) is 0 Å². The van der Waals surface area contributed by atoms with Crippen LogP contribution in [-0.2, 0) is 20.6 Å². The largest absolute Gasteiger partial charge is 0.253 e. The van der Waals surface area contributed by atoms with Gasteiger partial charge in [-0.2, -0.15) is 0 Å². The molecule has 19 heavy (non-hydrogen) atoms. The molecule has 100 valence electrons. The Labute approximate surface area is 115 Å². The van der Waals surface area contributed by atoms with Gasteiger partial charge in [-0.1, -0.05) is 35.9 Å². The van der Waals surface area contributed by atoms with E-state index >= 15 is 0 Å². The van der Waals surface area contributed by atoms with Crippen molar-refractivity contribution in [2.75, 3.05) is 5.08 Å². The van der Waals surface area contributed by atoms with Crippen LogP contribution in [0.4, 0.5) is 0 Å². The summed E-state index contributed by atoms with van der Waals surface area (Å²) in [6.07, 6.45) is 0. The fourth-order valence-corrected chi connectivity index (χ4v) is 4.82. The first kappa shape index (κ1) is 14.0. The first-order valence-electron chi connectivity index (χ1n) is 5.72. The van der Waals surface area contributed by atoms with Crippen molar-refractivity contribution in [2.24, 2.45) is 0 Å². The van der Waals surface area contributed by atoms with Gasteiger partial charge in [0.15, 0.2) is 9.84 Å². The van der Waals surface area contributed by atoms with Gasteiger partial charge in [-0.05, 0) is 31.2 Å². The standard InChI is InChI=1S/C14H14O3S2/c1-12-7-9-13(10-8-12)18(15)11-19(16,17)14-5-3-2-4-6-14/h2-10H,11H2,1H3/t18-/m0/s1. The summed E-state index contributed by atoms with van der Waals surface area (Å²) in [5, 5.41) is -0.389. The van der Waals surface area contributed by atoms with Crippen molar-refractivity contribution < 1.29 is 12.6 Å². The molecule has 0 radical (unpaired) electrons. The first-order chi connectivity index (χ1) is 8.99. The molecule has 5 heteroatoms. The van der Waals surface area contributed by atoms with Gasteiger partial charge in [0.25, 0.3) is 0 Å². The lowest BCUT2D eigenvalue weighted by molar-refractivity contribution is 0.600. The smallest absolute Gasteiger partial charge is 0.190 e. The lowest BCUT2D eigenvalue weighted by Gasteiger charge is -2.05. The van der Waals surface area contributed by atoms with Gasteiger partial charge in [0.1, 0.15) is 5.08 Å². The third kappa shape index (κ3) is 3.52. The second-order valence-electron chi connectivity index (χ2n) is 4.20. The van der Waals surface area contributed by atoms with Crippen LogP contribution in [0.25, 0.3) is 0 Å². The fourth-order valence-electron chi connectivity index (χ4n) is 1.59. The molecule has 2 aromatic carbocycles. The third-order valence-electron chi connectivity index (χ3n) is 2.65. The number of benzene rings is 2. The molecule has 0 N–H and O–H groups in total. The minimum Gasteiger partial charge on any atom is -0.253 e. The molecule has 0 unspecified atom stereocenters. The Morgan fingerprint density at radius 3 is 2.11 bits per heavy atom. The summed E-state index contributed by atoms with van der Waals surface area (Å²) in [4.78, 5) is 0.737. The summed E-state index contributed by atoms with van der Waals surface area (Å²) in [6, 6.07) is 15.1. The summed E-state index contributed by atoms with van der Waals surface area (Å²) >= 11 is 0. The highest BCUT2D eigenvalue weighted by molar-refractivity contribution is 8.05. The van der Waals surface area contributed by atoms with Crippen LogP contribution in [0.3, 0.4) is 0 Å². The van der Waals surface area contributed by atoms with Crippen molar-refractivity contribution in [3.8, 4) is 0 Å². The highest BCUT2D eigenvalue weighted by atomic mass is 32.3. The maximum absolute atomic E-state index is 12.1.